The Morgan fingerprint density at radius 1 is 1.28 bits per heavy atom. The molecule has 0 aliphatic heterocycles. The lowest BCUT2D eigenvalue weighted by molar-refractivity contribution is -0.138. The molecule has 0 aliphatic rings. The summed E-state index contributed by atoms with van der Waals surface area (Å²) in [5.41, 5.74) is -1.25. The fourth-order valence-corrected chi connectivity index (χ4v) is 1.84. The first kappa shape index (κ1) is 12.6. The molecule has 4 nitrogen and oxygen atoms in total. The summed E-state index contributed by atoms with van der Waals surface area (Å²) >= 11 is 4.82. The van der Waals surface area contributed by atoms with E-state index in [1.54, 1.807) is 0 Å². The average Bonchev–Trinajstić information content (AvgIpc) is 2.58. The minimum absolute atomic E-state index is 0.0111. The van der Waals surface area contributed by atoms with Crippen LogP contribution < -0.4 is 5.69 Å². The molecule has 1 aromatic heterocycles. The first-order valence-electron chi connectivity index (χ1n) is 4.88. The Morgan fingerprint density at radius 3 is 2.44 bits per heavy atom. The van der Waals surface area contributed by atoms with Crippen LogP contribution in [0.3, 0.4) is 0 Å². The fourth-order valence-electron chi connectivity index (χ4n) is 1.60. The number of aryl methyl sites for hydroxylation is 1. The van der Waals surface area contributed by atoms with Gasteiger partial charge in [0.1, 0.15) is 0 Å². The van der Waals surface area contributed by atoms with E-state index in [2.05, 4.69) is 10.2 Å². The normalized spacial score (nSPS) is 11.8. The third-order valence-corrected chi connectivity index (χ3v) is 2.75. The molecule has 8 heteroatoms. The number of nitrogens with zero attached hydrogens (tertiary/aromatic N) is 1. The Hall–Kier alpha value is -1.83. The first-order valence-corrected chi connectivity index (χ1v) is 5.29. The highest BCUT2D eigenvalue weighted by Crippen LogP contribution is 2.32. The summed E-state index contributed by atoms with van der Waals surface area (Å²) in [4.78, 5) is 11.4. The van der Waals surface area contributed by atoms with Crippen molar-refractivity contribution >= 4 is 12.2 Å². The van der Waals surface area contributed by atoms with Crippen LogP contribution in [-0.2, 0) is 6.18 Å². The topological polar surface area (TPSA) is 53.6 Å². The van der Waals surface area contributed by atoms with Crippen LogP contribution in [0, 0.1) is 11.7 Å². The quantitative estimate of drug-likeness (QED) is 0.786. The summed E-state index contributed by atoms with van der Waals surface area (Å²) in [6.07, 6.45) is -4.47. The van der Waals surface area contributed by atoms with Gasteiger partial charge in [0.05, 0.1) is 11.3 Å². The Balaban J connectivity index is 2.69. The number of benzene rings is 1. The summed E-state index contributed by atoms with van der Waals surface area (Å²) in [6, 6.07) is 3.60. The third kappa shape index (κ3) is 2.10. The summed E-state index contributed by atoms with van der Waals surface area (Å²) in [5, 5.41) is 4.57. The van der Waals surface area contributed by atoms with Crippen LogP contribution in [0.5, 0.6) is 0 Å². The molecule has 2 rings (SSSR count). The van der Waals surface area contributed by atoms with E-state index in [4.69, 9.17) is 12.2 Å². The second kappa shape index (κ2) is 4.13. The number of rotatable bonds is 1. The van der Waals surface area contributed by atoms with E-state index >= 15 is 0 Å². The van der Waals surface area contributed by atoms with Crippen molar-refractivity contribution in [2.24, 2.45) is 0 Å². The van der Waals surface area contributed by atoms with Gasteiger partial charge in [-0.25, -0.2) is 14.5 Å². The summed E-state index contributed by atoms with van der Waals surface area (Å²) < 4.78 is 39.2. The van der Waals surface area contributed by atoms with Crippen LogP contribution in [0.2, 0.25) is 0 Å². The monoisotopic (exact) mass is 275 g/mol. The van der Waals surface area contributed by atoms with Crippen molar-refractivity contribution in [3.63, 3.8) is 0 Å². The predicted molar refractivity (Wildman–Crippen MR) is 61.3 cm³/mol. The van der Waals surface area contributed by atoms with Gasteiger partial charge in [-0.05, 0) is 36.8 Å². The van der Waals surface area contributed by atoms with E-state index in [0.29, 0.717) is 0 Å². The Bertz CT molecular complexity index is 668. The van der Waals surface area contributed by atoms with Crippen molar-refractivity contribution in [1.82, 2.24) is 14.8 Å². The van der Waals surface area contributed by atoms with Crippen LogP contribution in [0.1, 0.15) is 11.1 Å². The van der Waals surface area contributed by atoms with E-state index in [1.165, 1.54) is 19.1 Å². The lowest BCUT2D eigenvalue weighted by Gasteiger charge is -2.11. The molecule has 1 heterocycles. The lowest BCUT2D eigenvalue weighted by Crippen LogP contribution is -2.16. The number of H-pyrrole nitrogens is 2. The zero-order chi connectivity index (χ0) is 13.5. The van der Waals surface area contributed by atoms with Crippen molar-refractivity contribution in [1.29, 1.82) is 0 Å². The van der Waals surface area contributed by atoms with E-state index in [9.17, 15) is 18.0 Å². The average molecular weight is 275 g/mol. The predicted octanol–water partition coefficient (Wildman–Crippen LogP) is 2.55. The van der Waals surface area contributed by atoms with Crippen molar-refractivity contribution in [3.8, 4) is 5.69 Å². The van der Waals surface area contributed by atoms with Crippen LogP contribution >= 0.6 is 12.2 Å². The molecule has 2 aromatic rings. The van der Waals surface area contributed by atoms with Gasteiger partial charge in [0.15, 0.2) is 0 Å². The number of nitrogens with one attached hydrogen (secondary N) is 2. The van der Waals surface area contributed by atoms with Crippen molar-refractivity contribution in [2.75, 3.05) is 0 Å². The number of aromatic amines is 2. The molecule has 18 heavy (non-hydrogen) atoms. The maximum Gasteiger partial charge on any atom is 0.416 e. The number of aromatic nitrogens is 3. The zero-order valence-corrected chi connectivity index (χ0v) is 9.95. The van der Waals surface area contributed by atoms with Gasteiger partial charge in [-0.1, -0.05) is 6.07 Å². The molecule has 0 saturated carbocycles. The van der Waals surface area contributed by atoms with E-state index in [-0.39, 0.29) is 16.0 Å². The van der Waals surface area contributed by atoms with Gasteiger partial charge < -0.3 is 0 Å². The van der Waals surface area contributed by atoms with Crippen LogP contribution in [0.25, 0.3) is 5.69 Å². The molecule has 0 amide bonds. The van der Waals surface area contributed by atoms with E-state index in [0.717, 1.165) is 10.6 Å². The Kier molecular flexibility index (Phi) is 2.89. The van der Waals surface area contributed by atoms with Gasteiger partial charge in [-0.2, -0.15) is 13.2 Å². The minimum Gasteiger partial charge on any atom is -0.272 e. The number of halogens is 3. The molecule has 0 unspecified atom stereocenters. The van der Waals surface area contributed by atoms with Crippen molar-refractivity contribution < 1.29 is 13.2 Å². The highest BCUT2D eigenvalue weighted by Gasteiger charge is 2.32. The Morgan fingerprint density at radius 2 is 1.94 bits per heavy atom. The highest BCUT2D eigenvalue weighted by molar-refractivity contribution is 7.71. The van der Waals surface area contributed by atoms with Crippen LogP contribution in [0.15, 0.2) is 23.0 Å². The van der Waals surface area contributed by atoms with Gasteiger partial charge in [-0.15, -0.1) is 0 Å². The van der Waals surface area contributed by atoms with Gasteiger partial charge >= 0.3 is 11.9 Å². The van der Waals surface area contributed by atoms with Crippen LogP contribution in [0.4, 0.5) is 13.2 Å². The molecular weight excluding hydrogens is 267 g/mol. The second-order valence-corrected chi connectivity index (χ2v) is 4.08. The van der Waals surface area contributed by atoms with Crippen molar-refractivity contribution in [3.05, 3.63) is 44.6 Å². The van der Waals surface area contributed by atoms with E-state index < -0.39 is 17.4 Å². The molecule has 0 saturated heterocycles. The molecule has 1 aromatic carbocycles. The lowest BCUT2D eigenvalue weighted by atomic mass is 10.1. The SMILES string of the molecule is Cc1ccc(-n2c(=O)[nH][nH]c2=S)cc1C(F)(F)F. The summed E-state index contributed by atoms with van der Waals surface area (Å²) in [7, 11) is 0. The first-order chi connectivity index (χ1) is 8.30. The van der Waals surface area contributed by atoms with E-state index in [1.807, 2.05) is 0 Å². The minimum atomic E-state index is -4.47. The molecule has 96 valence electrons. The largest absolute Gasteiger partial charge is 0.416 e. The molecule has 0 fully saturated rings. The summed E-state index contributed by atoms with van der Waals surface area (Å²) in [6.45, 7) is 1.35. The molecular formula is C10H8F3N3OS. The van der Waals surface area contributed by atoms with Gasteiger partial charge in [0.2, 0.25) is 4.77 Å². The number of hydrogen-bond donors (Lipinski definition) is 2. The van der Waals surface area contributed by atoms with Crippen LogP contribution in [-0.4, -0.2) is 14.8 Å². The number of hydrogen-bond acceptors (Lipinski definition) is 2. The second-order valence-electron chi connectivity index (χ2n) is 3.69. The van der Waals surface area contributed by atoms with Crippen molar-refractivity contribution in [2.45, 2.75) is 13.1 Å². The number of alkyl halides is 3. The standard InChI is InChI=1S/C10H8F3N3OS/c1-5-2-3-6(4-7(5)10(11,12)13)16-8(17)14-15-9(16)18/h2-4H,1H3,(H,14,17)(H,15,18). The molecule has 0 aliphatic carbocycles. The third-order valence-electron chi connectivity index (χ3n) is 2.47. The molecule has 0 spiro atoms. The Labute approximate surface area is 104 Å². The smallest absolute Gasteiger partial charge is 0.272 e. The molecule has 0 bridgehead atoms. The maximum atomic E-state index is 12.7. The molecule has 0 atom stereocenters. The van der Waals surface area contributed by atoms with Gasteiger partial charge in [0.25, 0.3) is 0 Å². The molecule has 0 radical (unpaired) electrons. The summed E-state index contributed by atoms with van der Waals surface area (Å²) in [5.74, 6) is 0. The fraction of sp³-hybridized carbons (Fsp3) is 0.200. The maximum absolute atomic E-state index is 12.7. The van der Waals surface area contributed by atoms with Gasteiger partial charge in [0, 0.05) is 0 Å². The van der Waals surface area contributed by atoms with Gasteiger partial charge in [-0.3, -0.25) is 5.10 Å². The molecule has 2 N–H and O–H groups in total. The zero-order valence-electron chi connectivity index (χ0n) is 9.13. The highest BCUT2D eigenvalue weighted by atomic mass is 32.1.